The van der Waals surface area contributed by atoms with Crippen molar-refractivity contribution in [1.82, 2.24) is 0 Å². The first-order chi connectivity index (χ1) is 16.1. The highest BCUT2D eigenvalue weighted by Gasteiger charge is 2.12. The van der Waals surface area contributed by atoms with Gasteiger partial charge in [0.15, 0.2) is 0 Å². The van der Waals surface area contributed by atoms with Crippen molar-refractivity contribution in [3.63, 3.8) is 0 Å². The van der Waals surface area contributed by atoms with Gasteiger partial charge >= 0.3 is 0 Å². The van der Waals surface area contributed by atoms with Gasteiger partial charge in [-0.05, 0) is 102 Å². The van der Waals surface area contributed by atoms with Gasteiger partial charge in [0.05, 0.1) is 0 Å². The lowest BCUT2D eigenvalue weighted by atomic mass is 9.87. The molecule has 0 fully saturated rings. The molecule has 0 N–H and O–H groups in total. The fourth-order valence-corrected chi connectivity index (χ4v) is 5.64. The lowest BCUT2D eigenvalue weighted by Crippen LogP contribution is -2.05. The predicted molar refractivity (Wildman–Crippen MR) is 149 cm³/mol. The van der Waals surface area contributed by atoms with Crippen molar-refractivity contribution < 1.29 is 0 Å². The Morgan fingerprint density at radius 2 is 0.636 bits per heavy atom. The quantitative estimate of drug-likeness (QED) is 0.240. The Labute approximate surface area is 206 Å². The van der Waals surface area contributed by atoms with Gasteiger partial charge in [0, 0.05) is 0 Å². The van der Waals surface area contributed by atoms with Crippen LogP contribution < -0.4 is 0 Å². The second-order valence-corrected chi connectivity index (χ2v) is 10.1. The first-order valence-corrected chi connectivity index (χ1v) is 14.4. The van der Waals surface area contributed by atoms with Crippen LogP contribution >= 0.6 is 0 Å². The number of aryl methyl sites for hydroxylation is 6. The Bertz CT molecular complexity index is 702. The lowest BCUT2D eigenvalue weighted by Gasteiger charge is -2.18. The van der Waals surface area contributed by atoms with E-state index in [9.17, 15) is 0 Å². The highest BCUT2D eigenvalue weighted by molar-refractivity contribution is 5.41. The van der Waals surface area contributed by atoms with E-state index in [1.807, 2.05) is 0 Å². The molecule has 0 heteroatoms. The molecule has 0 unspecified atom stereocenters. The van der Waals surface area contributed by atoms with Crippen LogP contribution in [0.15, 0.2) is 24.3 Å². The second kappa shape index (κ2) is 15.4. The van der Waals surface area contributed by atoms with E-state index in [0.717, 1.165) is 0 Å². The van der Waals surface area contributed by atoms with Gasteiger partial charge in [-0.25, -0.2) is 0 Å². The minimum atomic E-state index is 1.21. The number of benzene rings is 2. The van der Waals surface area contributed by atoms with E-state index in [2.05, 4.69) is 65.8 Å². The Morgan fingerprint density at radius 1 is 0.364 bits per heavy atom. The third kappa shape index (κ3) is 8.31. The smallest absolute Gasteiger partial charge is 0.0276 e. The van der Waals surface area contributed by atoms with Crippen LogP contribution in [-0.2, 0) is 51.4 Å². The van der Waals surface area contributed by atoms with Crippen LogP contribution in [0.1, 0.15) is 131 Å². The normalized spacial score (nSPS) is 11.3. The molecule has 2 aromatic carbocycles. The van der Waals surface area contributed by atoms with Crippen LogP contribution in [0.4, 0.5) is 0 Å². The second-order valence-electron chi connectivity index (χ2n) is 10.1. The first-order valence-electron chi connectivity index (χ1n) is 14.4. The van der Waals surface area contributed by atoms with Crippen LogP contribution in [-0.4, -0.2) is 0 Å². The summed E-state index contributed by atoms with van der Waals surface area (Å²) >= 11 is 0. The zero-order valence-electron chi connectivity index (χ0n) is 22.9. The van der Waals surface area contributed by atoms with Crippen LogP contribution in [0, 0.1) is 0 Å². The molecule has 0 heterocycles. The van der Waals surface area contributed by atoms with Crippen LogP contribution in [0.5, 0.6) is 0 Å². The standard InChI is InChI=1S/C33H52/c1-7-14-28-22-26(23-29(15-8-2)32(28)18-11-5)20-13-21-27-24-30(16-9-3)33(19-12-6)31(25-27)17-10-4/h22-25H,7-21H2,1-6H3. The molecule has 2 aromatic rings. The van der Waals surface area contributed by atoms with Crippen molar-refractivity contribution in [2.75, 3.05) is 0 Å². The predicted octanol–water partition coefficient (Wildman–Crippen LogP) is 9.58. The molecule has 184 valence electrons. The summed E-state index contributed by atoms with van der Waals surface area (Å²) in [6.07, 6.45) is 18.6. The molecular weight excluding hydrogens is 396 g/mol. The number of hydrogen-bond acceptors (Lipinski definition) is 0. The molecule has 0 aliphatic carbocycles. The fraction of sp³-hybridized carbons (Fsp3) is 0.636. The zero-order valence-corrected chi connectivity index (χ0v) is 22.9. The van der Waals surface area contributed by atoms with Gasteiger partial charge in [-0.1, -0.05) is 104 Å². The Hall–Kier alpha value is -1.56. The third-order valence-electron chi connectivity index (χ3n) is 7.00. The molecule has 0 radical (unpaired) electrons. The molecule has 0 aliphatic rings. The van der Waals surface area contributed by atoms with Crippen molar-refractivity contribution in [1.29, 1.82) is 0 Å². The first kappa shape index (κ1) is 27.7. The van der Waals surface area contributed by atoms with Crippen molar-refractivity contribution >= 4 is 0 Å². The summed E-state index contributed by atoms with van der Waals surface area (Å²) in [5, 5.41) is 0. The van der Waals surface area contributed by atoms with Gasteiger partial charge < -0.3 is 0 Å². The Kier molecular flexibility index (Phi) is 12.9. The molecule has 0 saturated heterocycles. The molecular formula is C33H52. The monoisotopic (exact) mass is 448 g/mol. The maximum Gasteiger partial charge on any atom is -0.0276 e. The number of rotatable bonds is 16. The number of hydrogen-bond donors (Lipinski definition) is 0. The molecule has 33 heavy (non-hydrogen) atoms. The molecule has 0 saturated carbocycles. The maximum atomic E-state index is 2.56. The molecule has 0 spiro atoms. The van der Waals surface area contributed by atoms with Gasteiger partial charge in [0.2, 0.25) is 0 Å². The average molecular weight is 449 g/mol. The van der Waals surface area contributed by atoms with Gasteiger partial charge in [-0.15, -0.1) is 0 Å². The zero-order chi connectivity index (χ0) is 24.1. The average Bonchev–Trinajstić information content (AvgIpc) is 2.79. The third-order valence-corrected chi connectivity index (χ3v) is 7.00. The van der Waals surface area contributed by atoms with Gasteiger partial charge in [-0.3, -0.25) is 0 Å². The highest BCUT2D eigenvalue weighted by Crippen LogP contribution is 2.26. The largest absolute Gasteiger partial charge is 0.0651 e. The summed E-state index contributed by atoms with van der Waals surface area (Å²) in [5.41, 5.74) is 13.0. The van der Waals surface area contributed by atoms with Crippen molar-refractivity contribution in [3.8, 4) is 0 Å². The van der Waals surface area contributed by atoms with Crippen molar-refractivity contribution in [3.05, 3.63) is 68.8 Å². The van der Waals surface area contributed by atoms with Crippen LogP contribution in [0.25, 0.3) is 0 Å². The SMILES string of the molecule is CCCc1cc(CCCc2cc(CCC)c(CCC)c(CCC)c2)cc(CCC)c1CCC. The molecule has 0 bridgehead atoms. The molecule has 0 aromatic heterocycles. The van der Waals surface area contributed by atoms with Gasteiger partial charge in [-0.2, -0.15) is 0 Å². The van der Waals surface area contributed by atoms with E-state index < -0.39 is 0 Å². The van der Waals surface area contributed by atoms with E-state index in [1.165, 1.54) is 96.3 Å². The van der Waals surface area contributed by atoms with Gasteiger partial charge in [0.1, 0.15) is 0 Å². The lowest BCUT2D eigenvalue weighted by molar-refractivity contribution is 0.784. The molecule has 0 aliphatic heterocycles. The molecule has 0 atom stereocenters. The van der Waals surface area contributed by atoms with E-state index in [4.69, 9.17) is 0 Å². The van der Waals surface area contributed by atoms with Crippen LogP contribution in [0.2, 0.25) is 0 Å². The molecule has 0 amide bonds. The minimum Gasteiger partial charge on any atom is -0.0651 e. The molecule has 0 nitrogen and oxygen atoms in total. The summed E-state index contributed by atoms with van der Waals surface area (Å²) in [5.74, 6) is 0. The van der Waals surface area contributed by atoms with E-state index in [1.54, 1.807) is 44.5 Å². The summed E-state index contributed by atoms with van der Waals surface area (Å²) < 4.78 is 0. The summed E-state index contributed by atoms with van der Waals surface area (Å²) in [7, 11) is 0. The van der Waals surface area contributed by atoms with E-state index in [-0.39, 0.29) is 0 Å². The maximum absolute atomic E-state index is 2.56. The van der Waals surface area contributed by atoms with Gasteiger partial charge in [0.25, 0.3) is 0 Å². The fourth-order valence-electron chi connectivity index (χ4n) is 5.64. The van der Waals surface area contributed by atoms with Crippen LogP contribution in [0.3, 0.4) is 0 Å². The molecule has 2 rings (SSSR count). The summed E-state index contributed by atoms with van der Waals surface area (Å²) in [6.45, 7) is 13.9. The summed E-state index contributed by atoms with van der Waals surface area (Å²) in [6, 6.07) is 10.2. The summed E-state index contributed by atoms with van der Waals surface area (Å²) in [4.78, 5) is 0. The Morgan fingerprint density at radius 3 is 0.879 bits per heavy atom. The highest BCUT2D eigenvalue weighted by atomic mass is 14.2. The van der Waals surface area contributed by atoms with Crippen molar-refractivity contribution in [2.45, 2.75) is 138 Å². The minimum absolute atomic E-state index is 1.21. The Balaban J connectivity index is 2.22. The van der Waals surface area contributed by atoms with Crippen molar-refractivity contribution in [2.24, 2.45) is 0 Å². The van der Waals surface area contributed by atoms with E-state index in [0.29, 0.717) is 0 Å². The topological polar surface area (TPSA) is 0 Å². The van der Waals surface area contributed by atoms with E-state index >= 15 is 0 Å².